The van der Waals surface area contributed by atoms with Crippen molar-refractivity contribution in [3.8, 4) is 0 Å². The third-order valence-electron chi connectivity index (χ3n) is 4.71. The molecule has 6 nitrogen and oxygen atoms in total. The highest BCUT2D eigenvalue weighted by Crippen LogP contribution is 2.30. The Labute approximate surface area is 132 Å². The fourth-order valence-corrected chi connectivity index (χ4v) is 3.80. The molecule has 22 heavy (non-hydrogen) atoms. The third-order valence-corrected chi connectivity index (χ3v) is 4.71. The zero-order valence-corrected chi connectivity index (χ0v) is 13.2. The molecule has 1 aromatic rings. The van der Waals surface area contributed by atoms with Gasteiger partial charge in [-0.1, -0.05) is 0 Å². The predicted octanol–water partition coefficient (Wildman–Crippen LogP) is 1.46. The van der Waals surface area contributed by atoms with E-state index in [0.717, 1.165) is 50.5 Å². The Morgan fingerprint density at radius 2 is 1.73 bits per heavy atom. The number of rotatable bonds is 2. The van der Waals surface area contributed by atoms with E-state index in [2.05, 4.69) is 33.8 Å². The summed E-state index contributed by atoms with van der Waals surface area (Å²) >= 11 is 0. The van der Waals surface area contributed by atoms with Crippen molar-refractivity contribution >= 4 is 11.5 Å². The van der Waals surface area contributed by atoms with E-state index >= 15 is 0 Å². The topological polar surface area (TPSA) is 50.7 Å². The van der Waals surface area contributed by atoms with Gasteiger partial charge in [-0.3, -0.25) is 0 Å². The van der Waals surface area contributed by atoms with Crippen molar-refractivity contribution in [2.45, 2.75) is 51.1 Å². The molecule has 0 radical (unpaired) electrons. The van der Waals surface area contributed by atoms with Crippen LogP contribution in [0, 0.1) is 0 Å². The Kier molecular flexibility index (Phi) is 3.37. The van der Waals surface area contributed by atoms with Crippen LogP contribution in [-0.4, -0.2) is 60.8 Å². The molecule has 3 fully saturated rings. The fourth-order valence-electron chi connectivity index (χ4n) is 3.80. The van der Waals surface area contributed by atoms with Crippen LogP contribution < -0.4 is 9.80 Å². The minimum Gasteiger partial charge on any atom is -0.372 e. The normalized spacial score (nSPS) is 35.6. The Morgan fingerprint density at radius 1 is 1.05 bits per heavy atom. The summed E-state index contributed by atoms with van der Waals surface area (Å²) in [6, 6.07) is 2.02. The van der Waals surface area contributed by atoms with Gasteiger partial charge in [-0.2, -0.15) is 5.10 Å². The van der Waals surface area contributed by atoms with Crippen molar-refractivity contribution in [2.75, 3.05) is 36.0 Å². The first-order chi connectivity index (χ1) is 11.1. The maximum atomic E-state index is 8.14. The third kappa shape index (κ3) is 2.77. The molecule has 3 saturated heterocycles. The number of anilines is 2. The van der Waals surface area contributed by atoms with E-state index in [-0.39, 0.29) is 18.4 Å². The molecule has 3 aliphatic heterocycles. The molecule has 0 aliphatic carbocycles. The monoisotopic (exact) mass is 305 g/mol. The average Bonchev–Trinajstić information content (AvgIpc) is 2.85. The lowest BCUT2D eigenvalue weighted by molar-refractivity contribution is -0.00524. The number of morpholine rings is 2. The Bertz CT molecular complexity index is 565. The van der Waals surface area contributed by atoms with Crippen LogP contribution in [0.4, 0.5) is 11.5 Å². The molecular weight excluding hydrogens is 280 g/mol. The number of hydrogen-bond acceptors (Lipinski definition) is 6. The summed E-state index contributed by atoms with van der Waals surface area (Å²) in [5.74, 6) is 0.864. The molecule has 0 amide bonds. The van der Waals surface area contributed by atoms with Gasteiger partial charge in [-0.25, -0.2) is 0 Å². The second-order valence-corrected chi connectivity index (χ2v) is 6.72. The van der Waals surface area contributed by atoms with E-state index in [1.54, 1.807) is 0 Å². The molecule has 4 heterocycles. The molecule has 2 unspecified atom stereocenters. The predicted molar refractivity (Wildman–Crippen MR) is 84.4 cm³/mol. The average molecular weight is 305 g/mol. The van der Waals surface area contributed by atoms with Gasteiger partial charge in [0.25, 0.3) is 0 Å². The maximum Gasteiger partial charge on any atom is 0.153 e. The van der Waals surface area contributed by atoms with Gasteiger partial charge in [0.2, 0.25) is 0 Å². The number of aromatic nitrogens is 2. The summed E-state index contributed by atoms with van der Waals surface area (Å²) in [4.78, 5) is 4.46. The van der Waals surface area contributed by atoms with Crippen molar-refractivity contribution in [1.82, 2.24) is 10.2 Å². The van der Waals surface area contributed by atoms with E-state index in [1.165, 1.54) is 0 Å². The van der Waals surface area contributed by atoms with Crippen LogP contribution in [0.2, 0.25) is 0 Å². The highest BCUT2D eigenvalue weighted by atomic mass is 16.5. The molecule has 120 valence electrons. The second kappa shape index (κ2) is 5.66. The minimum absolute atomic E-state index is 0.161. The maximum absolute atomic E-state index is 8.14. The van der Waals surface area contributed by atoms with E-state index in [1.807, 2.05) is 6.07 Å². The molecular formula is C16H24N4O2. The number of hydrogen-bond donors (Lipinski definition) is 0. The summed E-state index contributed by atoms with van der Waals surface area (Å²) in [6.45, 7) is 7.46. The van der Waals surface area contributed by atoms with E-state index in [9.17, 15) is 0 Å². The van der Waals surface area contributed by atoms with Gasteiger partial charge in [0, 0.05) is 32.2 Å². The SMILES string of the molecule is [2H]c1nnc(N2CC3CCC(C2)O3)cc1N1C[C@@H](C)O[C@@H](C)C1. The zero-order valence-electron chi connectivity index (χ0n) is 14.2. The van der Waals surface area contributed by atoms with Gasteiger partial charge < -0.3 is 19.3 Å². The van der Waals surface area contributed by atoms with E-state index < -0.39 is 0 Å². The molecule has 0 saturated carbocycles. The number of nitrogens with zero attached hydrogens (tertiary/aromatic N) is 4. The summed E-state index contributed by atoms with van der Waals surface area (Å²) in [5, 5.41) is 8.37. The first-order valence-corrected chi connectivity index (χ1v) is 8.23. The highest BCUT2D eigenvalue weighted by Gasteiger charge is 2.34. The van der Waals surface area contributed by atoms with Gasteiger partial charge in [0.05, 0.1) is 37.6 Å². The van der Waals surface area contributed by atoms with E-state index in [4.69, 9.17) is 10.8 Å². The Hall–Kier alpha value is -1.40. The smallest absolute Gasteiger partial charge is 0.153 e. The largest absolute Gasteiger partial charge is 0.372 e. The van der Waals surface area contributed by atoms with Gasteiger partial charge in [-0.05, 0) is 26.7 Å². The van der Waals surface area contributed by atoms with E-state index in [0.29, 0.717) is 12.2 Å². The molecule has 0 aromatic carbocycles. The van der Waals surface area contributed by atoms with Crippen LogP contribution in [0.1, 0.15) is 28.1 Å². The fraction of sp³-hybridized carbons (Fsp3) is 0.750. The Morgan fingerprint density at radius 3 is 2.41 bits per heavy atom. The van der Waals surface area contributed by atoms with Crippen molar-refractivity contribution in [3.63, 3.8) is 0 Å². The van der Waals surface area contributed by atoms with Gasteiger partial charge in [0.15, 0.2) is 5.82 Å². The lowest BCUT2D eigenvalue weighted by atomic mass is 10.2. The molecule has 3 aliphatic rings. The second-order valence-electron chi connectivity index (χ2n) is 6.72. The lowest BCUT2D eigenvalue weighted by Crippen LogP contribution is -2.46. The molecule has 1 aromatic heterocycles. The first-order valence-electron chi connectivity index (χ1n) is 8.73. The van der Waals surface area contributed by atoms with Crippen LogP contribution in [0.15, 0.2) is 12.2 Å². The molecule has 0 N–H and O–H groups in total. The minimum atomic E-state index is 0.161. The van der Waals surface area contributed by atoms with Gasteiger partial charge in [0.1, 0.15) is 0 Å². The van der Waals surface area contributed by atoms with Crippen molar-refractivity contribution in [2.24, 2.45) is 0 Å². The van der Waals surface area contributed by atoms with Crippen LogP contribution in [0.25, 0.3) is 0 Å². The van der Waals surface area contributed by atoms with Crippen LogP contribution in [0.5, 0.6) is 0 Å². The van der Waals surface area contributed by atoms with Crippen LogP contribution >= 0.6 is 0 Å². The molecule has 4 rings (SSSR count). The first kappa shape index (κ1) is 13.1. The van der Waals surface area contributed by atoms with Gasteiger partial charge in [-0.15, -0.1) is 5.10 Å². The van der Waals surface area contributed by atoms with Crippen molar-refractivity contribution in [1.29, 1.82) is 0 Å². The summed E-state index contributed by atoms with van der Waals surface area (Å²) < 4.78 is 19.8. The van der Waals surface area contributed by atoms with Crippen molar-refractivity contribution in [3.05, 3.63) is 12.2 Å². The summed E-state index contributed by atoms with van der Waals surface area (Å²) in [5.41, 5.74) is 0.857. The molecule has 0 spiro atoms. The van der Waals surface area contributed by atoms with Crippen molar-refractivity contribution < 1.29 is 10.8 Å². The summed E-state index contributed by atoms with van der Waals surface area (Å²) in [7, 11) is 0. The van der Waals surface area contributed by atoms with Crippen LogP contribution in [0.3, 0.4) is 0 Å². The molecule has 4 atom stereocenters. The number of fused-ring (bicyclic) bond motifs is 2. The highest BCUT2D eigenvalue weighted by molar-refractivity contribution is 5.54. The zero-order chi connectivity index (χ0) is 16.0. The van der Waals surface area contributed by atoms with Gasteiger partial charge >= 0.3 is 0 Å². The quantitative estimate of drug-likeness (QED) is 0.824. The molecule has 6 heteroatoms. The standard InChI is InChI=1S/C16H24N4O2/c1-11-7-19(8-12(2)21-11)13-5-16(18-17-6-13)20-9-14-3-4-15(10-20)22-14/h5-6,11-12,14-15H,3-4,7-10H2,1-2H3/t11-,12+,14?,15?/i6D. The van der Waals surface area contributed by atoms with Crippen LogP contribution in [-0.2, 0) is 9.47 Å². The lowest BCUT2D eigenvalue weighted by Gasteiger charge is -2.37. The Balaban J connectivity index is 1.58. The summed E-state index contributed by atoms with van der Waals surface area (Å²) in [6.07, 6.45) is 3.47. The number of ether oxygens (including phenoxy) is 2. The molecule has 2 bridgehead atoms.